The molecule has 2 aromatic heterocycles. The number of unbranched alkanes of at least 4 members (excludes halogenated alkanes) is 6. The molecule has 0 spiro atoms. The Kier molecular flexibility index (Phi) is 9.01. The molecule has 7 aromatic rings. The Hall–Kier alpha value is -4.63. The van der Waals surface area contributed by atoms with Crippen molar-refractivity contribution < 1.29 is 4.42 Å². The Morgan fingerprint density at radius 2 is 1.02 bits per heavy atom. The Morgan fingerprint density at radius 1 is 0.522 bits per heavy atom. The maximum absolute atomic E-state index is 6.33. The van der Waals surface area contributed by atoms with E-state index in [1.807, 2.05) is 24.3 Å². The minimum Gasteiger partial charge on any atom is -0.423 e. The van der Waals surface area contributed by atoms with Crippen molar-refractivity contribution >= 4 is 32.9 Å². The predicted octanol–water partition coefficient (Wildman–Crippen LogP) is 12.5. The number of hydrogen-bond donors (Lipinski definition) is 0. The largest absolute Gasteiger partial charge is 0.423 e. The van der Waals surface area contributed by atoms with Crippen molar-refractivity contribution in [3.63, 3.8) is 0 Å². The fourth-order valence-corrected chi connectivity index (χ4v) is 6.78. The average molecular weight is 605 g/mol. The van der Waals surface area contributed by atoms with Crippen LogP contribution in [0.2, 0.25) is 0 Å². The lowest BCUT2D eigenvalue weighted by atomic mass is 9.98. The lowest BCUT2D eigenvalue weighted by Gasteiger charge is -2.06. The van der Waals surface area contributed by atoms with E-state index < -0.39 is 0 Å². The lowest BCUT2D eigenvalue weighted by molar-refractivity contribution is 0.574. The first-order chi connectivity index (χ1) is 22.7. The molecule has 0 aliphatic heterocycles. The summed E-state index contributed by atoms with van der Waals surface area (Å²) in [6.45, 7) is 4.54. The molecule has 0 radical (unpaired) electrons. The summed E-state index contributed by atoms with van der Waals surface area (Å²) in [5.41, 5.74) is 11.6. The van der Waals surface area contributed by atoms with Crippen molar-refractivity contribution in [2.45, 2.75) is 78.1 Å². The highest BCUT2D eigenvalue weighted by Crippen LogP contribution is 2.37. The number of hydrogen-bond acceptors (Lipinski definition) is 2. The molecule has 46 heavy (non-hydrogen) atoms. The molecule has 0 saturated carbocycles. The lowest BCUT2D eigenvalue weighted by Crippen LogP contribution is -1.94. The van der Waals surface area contributed by atoms with Crippen molar-refractivity contribution in [1.82, 2.24) is 9.55 Å². The van der Waals surface area contributed by atoms with Gasteiger partial charge in [0.1, 0.15) is 5.52 Å². The molecule has 3 heteroatoms. The zero-order valence-electron chi connectivity index (χ0n) is 27.3. The molecule has 7 rings (SSSR count). The first kappa shape index (κ1) is 30.0. The number of para-hydroxylation sites is 2. The van der Waals surface area contributed by atoms with E-state index >= 15 is 0 Å². The van der Waals surface area contributed by atoms with E-state index in [9.17, 15) is 0 Å². The van der Waals surface area contributed by atoms with Crippen LogP contribution in [0.3, 0.4) is 0 Å². The molecule has 0 aliphatic carbocycles. The van der Waals surface area contributed by atoms with Gasteiger partial charge < -0.3 is 4.42 Å². The van der Waals surface area contributed by atoms with Gasteiger partial charge in [0.05, 0.1) is 11.0 Å². The number of nitrogens with zero attached hydrogens (tertiary/aromatic N) is 2. The molecule has 0 bridgehead atoms. The van der Waals surface area contributed by atoms with Gasteiger partial charge >= 0.3 is 6.01 Å². The minimum absolute atomic E-state index is 0.599. The van der Waals surface area contributed by atoms with Gasteiger partial charge in [0, 0.05) is 10.8 Å². The molecule has 2 heterocycles. The minimum atomic E-state index is 0.599. The van der Waals surface area contributed by atoms with Crippen LogP contribution in [0.1, 0.15) is 76.3 Å². The standard InChI is InChI=1S/C43H44N2O/c1-3-5-7-9-13-31-17-21-33(22-18-31)35-25-27-40-37(29-35)38-30-36(34-23-19-32(20-24-34)14-10-8-6-4-2)26-28-41(38)45(40)43-44-39-15-11-12-16-42(39)46-43/h11-12,15-30H,3-10,13-14H2,1-2H3. The number of benzene rings is 5. The van der Waals surface area contributed by atoms with Gasteiger partial charge in [-0.1, -0.05) is 125 Å². The molecule has 0 saturated heterocycles. The third-order valence-electron chi connectivity index (χ3n) is 9.45. The van der Waals surface area contributed by atoms with Crippen LogP contribution in [0.4, 0.5) is 0 Å². The van der Waals surface area contributed by atoms with Gasteiger partial charge in [-0.2, -0.15) is 4.98 Å². The summed E-state index contributed by atoms with van der Waals surface area (Å²) < 4.78 is 8.51. The maximum Gasteiger partial charge on any atom is 0.307 e. The summed E-state index contributed by atoms with van der Waals surface area (Å²) >= 11 is 0. The second-order valence-electron chi connectivity index (χ2n) is 12.8. The predicted molar refractivity (Wildman–Crippen MR) is 195 cm³/mol. The fraction of sp³-hybridized carbons (Fsp3) is 0.279. The van der Waals surface area contributed by atoms with Crippen molar-refractivity contribution in [3.05, 3.63) is 120 Å². The van der Waals surface area contributed by atoms with E-state index in [1.54, 1.807) is 0 Å². The maximum atomic E-state index is 6.33. The van der Waals surface area contributed by atoms with E-state index in [2.05, 4.69) is 103 Å². The fourth-order valence-electron chi connectivity index (χ4n) is 6.78. The van der Waals surface area contributed by atoms with Gasteiger partial charge in [-0.05, 0) is 95.5 Å². The first-order valence-corrected chi connectivity index (χ1v) is 17.3. The Labute approximate surface area is 272 Å². The third kappa shape index (κ3) is 6.24. The van der Waals surface area contributed by atoms with E-state index in [0.717, 1.165) is 35.0 Å². The first-order valence-electron chi connectivity index (χ1n) is 17.3. The van der Waals surface area contributed by atoms with Crippen LogP contribution >= 0.6 is 0 Å². The van der Waals surface area contributed by atoms with Crippen LogP contribution in [0.25, 0.3) is 61.2 Å². The van der Waals surface area contributed by atoms with Crippen LogP contribution in [0.5, 0.6) is 0 Å². The number of aryl methyl sites for hydroxylation is 2. The van der Waals surface area contributed by atoms with Gasteiger partial charge in [-0.25, -0.2) is 0 Å². The number of rotatable bonds is 13. The molecule has 5 aromatic carbocycles. The molecule has 0 amide bonds. The smallest absolute Gasteiger partial charge is 0.307 e. The van der Waals surface area contributed by atoms with Crippen molar-refractivity contribution in [1.29, 1.82) is 0 Å². The highest BCUT2D eigenvalue weighted by molar-refractivity contribution is 6.11. The molecular formula is C43H44N2O. The summed E-state index contributed by atoms with van der Waals surface area (Å²) in [5, 5.41) is 2.40. The zero-order chi connectivity index (χ0) is 31.3. The molecular weight excluding hydrogens is 560 g/mol. The Bertz CT molecular complexity index is 1920. The molecule has 0 unspecified atom stereocenters. The molecule has 0 aliphatic rings. The van der Waals surface area contributed by atoms with Gasteiger partial charge in [0.25, 0.3) is 0 Å². The normalized spacial score (nSPS) is 11.7. The van der Waals surface area contributed by atoms with Crippen LogP contribution < -0.4 is 0 Å². The summed E-state index contributed by atoms with van der Waals surface area (Å²) in [5.74, 6) is 0. The number of oxazole rings is 1. The zero-order valence-corrected chi connectivity index (χ0v) is 27.3. The molecule has 3 nitrogen and oxygen atoms in total. The molecule has 0 fully saturated rings. The highest BCUT2D eigenvalue weighted by Gasteiger charge is 2.18. The summed E-state index contributed by atoms with van der Waals surface area (Å²) in [7, 11) is 0. The van der Waals surface area contributed by atoms with Gasteiger partial charge in [-0.3, -0.25) is 4.57 Å². The highest BCUT2D eigenvalue weighted by atomic mass is 16.4. The van der Waals surface area contributed by atoms with Crippen LogP contribution in [0, 0.1) is 0 Å². The van der Waals surface area contributed by atoms with Gasteiger partial charge in [0.15, 0.2) is 5.58 Å². The second-order valence-corrected chi connectivity index (χ2v) is 12.8. The molecule has 0 N–H and O–H groups in total. The second kappa shape index (κ2) is 13.8. The Balaban J connectivity index is 1.28. The summed E-state index contributed by atoms with van der Waals surface area (Å²) in [6.07, 6.45) is 12.6. The summed E-state index contributed by atoms with van der Waals surface area (Å²) in [6, 6.07) is 40.5. The SMILES string of the molecule is CCCCCCc1ccc(-c2ccc3c(c2)c2cc(-c4ccc(CCCCCC)cc4)ccc2n3-c2nc3ccccc3o2)cc1. The van der Waals surface area contributed by atoms with Crippen LogP contribution in [-0.4, -0.2) is 9.55 Å². The van der Waals surface area contributed by atoms with E-state index in [1.165, 1.54) is 95.5 Å². The average Bonchev–Trinajstić information content (AvgIpc) is 3.67. The van der Waals surface area contributed by atoms with Crippen molar-refractivity contribution in [2.24, 2.45) is 0 Å². The van der Waals surface area contributed by atoms with E-state index in [-0.39, 0.29) is 0 Å². The van der Waals surface area contributed by atoms with Crippen molar-refractivity contribution in [3.8, 4) is 28.3 Å². The van der Waals surface area contributed by atoms with E-state index in [4.69, 9.17) is 9.40 Å². The third-order valence-corrected chi connectivity index (χ3v) is 9.45. The van der Waals surface area contributed by atoms with Crippen molar-refractivity contribution in [2.75, 3.05) is 0 Å². The van der Waals surface area contributed by atoms with E-state index in [0.29, 0.717) is 6.01 Å². The summed E-state index contributed by atoms with van der Waals surface area (Å²) in [4.78, 5) is 4.90. The van der Waals surface area contributed by atoms with Gasteiger partial charge in [0.2, 0.25) is 0 Å². The number of aromatic nitrogens is 2. The van der Waals surface area contributed by atoms with Gasteiger partial charge in [-0.15, -0.1) is 0 Å². The van der Waals surface area contributed by atoms with Crippen LogP contribution in [-0.2, 0) is 12.8 Å². The van der Waals surface area contributed by atoms with Crippen LogP contribution in [0.15, 0.2) is 114 Å². The quantitative estimate of drug-likeness (QED) is 0.123. The molecule has 232 valence electrons. The number of fused-ring (bicyclic) bond motifs is 4. The monoisotopic (exact) mass is 604 g/mol. The Morgan fingerprint density at radius 3 is 1.52 bits per heavy atom. The topological polar surface area (TPSA) is 31.0 Å². The molecule has 0 atom stereocenters.